The second-order valence-corrected chi connectivity index (χ2v) is 7.62. The molecule has 0 saturated carbocycles. The Morgan fingerprint density at radius 1 is 0.710 bits per heavy atom. The molecule has 0 aromatic heterocycles. The largest absolute Gasteiger partial charge is 0.386 e. The fourth-order valence-corrected chi connectivity index (χ4v) is 3.38. The van der Waals surface area contributed by atoms with Crippen LogP contribution >= 0.6 is 0 Å². The molecule has 0 aromatic rings. The molecule has 1 radical (unpaired) electrons. The molecular formula is C18H32N3O10. The molecule has 0 spiro atoms. The van der Waals surface area contributed by atoms with Crippen molar-refractivity contribution in [2.24, 2.45) is 0 Å². The van der Waals surface area contributed by atoms with Crippen LogP contribution in [0.25, 0.3) is 0 Å². The molecule has 31 heavy (non-hydrogen) atoms. The van der Waals surface area contributed by atoms with Crippen molar-refractivity contribution >= 4 is 6.29 Å². The first-order valence-electron chi connectivity index (χ1n) is 10.4. The number of nitrogens with zero attached hydrogens (tertiary/aromatic N) is 3. The van der Waals surface area contributed by atoms with Gasteiger partial charge in [0.15, 0.2) is 6.29 Å². The summed E-state index contributed by atoms with van der Waals surface area (Å²) in [5, 5.41) is 64.3. The first kappa shape index (κ1) is 28.8. The predicted molar refractivity (Wildman–Crippen MR) is 108 cm³/mol. The van der Waals surface area contributed by atoms with Crippen molar-refractivity contribution in [1.29, 1.82) is 0 Å². The SMILES string of the molecule is CCCCCC(C(O)CC(C(O)CC(O)C(CCCC[C]=O)[N+](=O)[O-])[N+](=O)[O-])[N+](=O)[O-]. The first-order chi connectivity index (χ1) is 14.6. The standard InChI is InChI=1S/C18H32N3O10/c1-2-3-5-8-13(19(26)27)16(23)11-15(21(30)31)18(25)12-17(24)14(20(28)29)9-6-4-7-10-22/h13-18,23-25H,2-9,11-12H2,1H3. The van der Waals surface area contributed by atoms with Crippen molar-refractivity contribution in [3.05, 3.63) is 30.3 Å². The number of rotatable bonds is 19. The number of carbonyl (C=O) groups excluding carboxylic acids is 1. The summed E-state index contributed by atoms with van der Waals surface area (Å²) in [6, 6.07) is -4.78. The van der Waals surface area contributed by atoms with Gasteiger partial charge in [-0.25, -0.2) is 0 Å². The van der Waals surface area contributed by atoms with Crippen LogP contribution in [0.3, 0.4) is 0 Å². The van der Waals surface area contributed by atoms with E-state index in [2.05, 4.69) is 0 Å². The Morgan fingerprint density at radius 2 is 1.13 bits per heavy atom. The molecule has 0 aliphatic heterocycles. The quantitative estimate of drug-likeness (QED) is 0.145. The van der Waals surface area contributed by atoms with Crippen LogP contribution in [0.1, 0.15) is 71.1 Å². The molecule has 0 amide bonds. The van der Waals surface area contributed by atoms with E-state index in [4.69, 9.17) is 0 Å². The van der Waals surface area contributed by atoms with E-state index in [1.54, 1.807) is 6.29 Å². The van der Waals surface area contributed by atoms with Gasteiger partial charge < -0.3 is 15.3 Å². The molecule has 0 heterocycles. The van der Waals surface area contributed by atoms with Crippen molar-refractivity contribution in [2.45, 2.75) is 108 Å². The number of aliphatic hydroxyl groups excluding tert-OH is 3. The zero-order valence-corrected chi connectivity index (χ0v) is 17.6. The van der Waals surface area contributed by atoms with E-state index in [0.717, 1.165) is 6.42 Å². The van der Waals surface area contributed by atoms with Gasteiger partial charge in [0.05, 0.1) is 6.42 Å². The monoisotopic (exact) mass is 450 g/mol. The molecule has 0 fully saturated rings. The van der Waals surface area contributed by atoms with Crippen LogP contribution in [0.4, 0.5) is 0 Å². The Bertz CT molecular complexity index is 577. The molecule has 3 N–H and O–H groups in total. The summed E-state index contributed by atoms with van der Waals surface area (Å²) in [6.07, 6.45) is -2.53. The summed E-state index contributed by atoms with van der Waals surface area (Å²) >= 11 is 0. The van der Waals surface area contributed by atoms with Crippen molar-refractivity contribution < 1.29 is 34.9 Å². The predicted octanol–water partition coefficient (Wildman–Crippen LogP) is 1.04. The van der Waals surface area contributed by atoms with E-state index in [9.17, 15) is 50.5 Å². The first-order valence-corrected chi connectivity index (χ1v) is 10.4. The lowest BCUT2D eigenvalue weighted by atomic mass is 9.92. The third-order valence-electron chi connectivity index (χ3n) is 5.24. The summed E-state index contributed by atoms with van der Waals surface area (Å²) in [4.78, 5) is 41.6. The smallest absolute Gasteiger partial charge is 0.241 e. The number of hydrogen-bond donors (Lipinski definition) is 3. The lowest BCUT2D eigenvalue weighted by Crippen LogP contribution is -2.45. The number of hydrogen-bond acceptors (Lipinski definition) is 10. The summed E-state index contributed by atoms with van der Waals surface area (Å²) in [5.41, 5.74) is 0. The summed E-state index contributed by atoms with van der Waals surface area (Å²) < 4.78 is 0. The Labute approximate surface area is 179 Å². The molecule has 6 atom stereocenters. The van der Waals surface area contributed by atoms with Gasteiger partial charge in [0.25, 0.3) is 0 Å². The van der Waals surface area contributed by atoms with Crippen LogP contribution in [0.15, 0.2) is 0 Å². The summed E-state index contributed by atoms with van der Waals surface area (Å²) in [5.74, 6) is 0. The fraction of sp³-hybridized carbons (Fsp3) is 0.944. The average Bonchev–Trinajstić information content (AvgIpc) is 2.68. The third kappa shape index (κ3) is 11.1. The van der Waals surface area contributed by atoms with Crippen molar-refractivity contribution in [1.82, 2.24) is 0 Å². The second-order valence-electron chi connectivity index (χ2n) is 7.62. The van der Waals surface area contributed by atoms with Crippen LogP contribution in [-0.2, 0) is 4.79 Å². The van der Waals surface area contributed by atoms with Gasteiger partial charge in [-0.2, -0.15) is 0 Å². The van der Waals surface area contributed by atoms with Crippen LogP contribution in [0.2, 0.25) is 0 Å². The highest BCUT2D eigenvalue weighted by molar-refractivity contribution is 5.50. The van der Waals surface area contributed by atoms with Gasteiger partial charge >= 0.3 is 0 Å². The van der Waals surface area contributed by atoms with E-state index in [0.29, 0.717) is 19.3 Å². The van der Waals surface area contributed by atoms with Gasteiger partial charge in [0.1, 0.15) is 18.3 Å². The maximum atomic E-state index is 11.4. The second kappa shape index (κ2) is 15.5. The highest BCUT2D eigenvalue weighted by Gasteiger charge is 2.41. The minimum atomic E-state index is -1.85. The molecule has 0 saturated heterocycles. The van der Waals surface area contributed by atoms with Gasteiger partial charge in [0, 0.05) is 40.5 Å². The summed E-state index contributed by atoms with van der Waals surface area (Å²) in [7, 11) is 0. The molecule has 0 rings (SSSR count). The van der Waals surface area contributed by atoms with Crippen LogP contribution < -0.4 is 0 Å². The molecule has 0 aliphatic carbocycles. The molecule has 0 aromatic carbocycles. The maximum absolute atomic E-state index is 11.4. The fourth-order valence-electron chi connectivity index (χ4n) is 3.38. The zero-order chi connectivity index (χ0) is 24.0. The Hall–Kier alpha value is -2.25. The average molecular weight is 450 g/mol. The lowest BCUT2D eigenvalue weighted by molar-refractivity contribution is -0.556. The Balaban J connectivity index is 5.09. The van der Waals surface area contributed by atoms with Gasteiger partial charge in [-0.05, 0) is 19.3 Å². The molecule has 0 bridgehead atoms. The highest BCUT2D eigenvalue weighted by Crippen LogP contribution is 2.21. The molecule has 13 nitrogen and oxygen atoms in total. The van der Waals surface area contributed by atoms with E-state index in [-0.39, 0.29) is 25.7 Å². The number of nitro groups is 3. The van der Waals surface area contributed by atoms with E-state index < -0.39 is 64.0 Å². The topological polar surface area (TPSA) is 207 Å². The maximum Gasteiger partial charge on any atom is 0.241 e. The molecule has 13 heteroatoms. The lowest BCUT2D eigenvalue weighted by Gasteiger charge is -2.23. The minimum absolute atomic E-state index is 0.0206. The highest BCUT2D eigenvalue weighted by atomic mass is 16.6. The van der Waals surface area contributed by atoms with Gasteiger partial charge in [-0.15, -0.1) is 0 Å². The van der Waals surface area contributed by atoms with Crippen LogP contribution in [0, 0.1) is 30.3 Å². The molecule has 179 valence electrons. The Morgan fingerprint density at radius 3 is 1.55 bits per heavy atom. The van der Waals surface area contributed by atoms with Crippen molar-refractivity contribution in [3.63, 3.8) is 0 Å². The van der Waals surface area contributed by atoms with Crippen LogP contribution in [-0.4, -0.2) is 72.8 Å². The van der Waals surface area contributed by atoms with Crippen LogP contribution in [0.5, 0.6) is 0 Å². The molecular weight excluding hydrogens is 418 g/mol. The van der Waals surface area contributed by atoms with E-state index in [1.807, 2.05) is 6.92 Å². The van der Waals surface area contributed by atoms with Gasteiger partial charge in [-0.3, -0.25) is 35.1 Å². The van der Waals surface area contributed by atoms with Crippen molar-refractivity contribution in [2.75, 3.05) is 0 Å². The normalized spacial score (nSPS) is 17.2. The van der Waals surface area contributed by atoms with E-state index in [1.165, 1.54) is 0 Å². The minimum Gasteiger partial charge on any atom is -0.386 e. The summed E-state index contributed by atoms with van der Waals surface area (Å²) in [6.45, 7) is 1.89. The molecule has 0 aliphatic rings. The molecule has 6 unspecified atom stereocenters. The zero-order valence-electron chi connectivity index (χ0n) is 17.6. The van der Waals surface area contributed by atoms with Gasteiger partial charge in [-0.1, -0.05) is 19.8 Å². The number of unbranched alkanes of at least 4 members (excludes halogenated alkanes) is 4. The van der Waals surface area contributed by atoms with E-state index >= 15 is 0 Å². The number of aliphatic hydroxyl groups is 3. The Kier molecular flexibility index (Phi) is 14.4. The van der Waals surface area contributed by atoms with Crippen molar-refractivity contribution in [3.8, 4) is 0 Å². The third-order valence-corrected chi connectivity index (χ3v) is 5.24. The van der Waals surface area contributed by atoms with Gasteiger partial charge in [0.2, 0.25) is 18.1 Å².